The van der Waals surface area contributed by atoms with Crippen LogP contribution in [0.5, 0.6) is 0 Å². The summed E-state index contributed by atoms with van der Waals surface area (Å²) < 4.78 is 5.14. The number of pyridine rings is 1. The fourth-order valence-electron chi connectivity index (χ4n) is 3.07. The molecule has 1 aliphatic rings. The fraction of sp³-hybridized carbons (Fsp3) is 0.400. The number of aromatic nitrogens is 1. The fourth-order valence-corrected chi connectivity index (χ4v) is 3.07. The molecule has 0 aromatic carbocycles. The Morgan fingerprint density at radius 1 is 1.07 bits per heavy atom. The first-order chi connectivity index (χ1) is 13.4. The number of hydrogen-bond acceptors (Lipinski definition) is 5. The van der Waals surface area contributed by atoms with Crippen LogP contribution in [0.25, 0.3) is 0 Å². The van der Waals surface area contributed by atoms with Crippen LogP contribution in [-0.2, 0) is 16.1 Å². The van der Waals surface area contributed by atoms with Crippen LogP contribution in [-0.4, -0.2) is 58.7 Å². The van der Waals surface area contributed by atoms with Gasteiger partial charge in [0.25, 0.3) is 5.91 Å². The molecule has 28 heavy (non-hydrogen) atoms. The predicted octanol–water partition coefficient (Wildman–Crippen LogP) is 1.30. The third-order valence-corrected chi connectivity index (χ3v) is 4.89. The van der Waals surface area contributed by atoms with E-state index in [1.54, 1.807) is 48.2 Å². The molecule has 3 rings (SSSR count). The van der Waals surface area contributed by atoms with Crippen LogP contribution in [0.3, 0.4) is 0 Å². The second-order valence-electron chi connectivity index (χ2n) is 7.22. The zero-order valence-corrected chi connectivity index (χ0v) is 16.1. The zero-order valence-electron chi connectivity index (χ0n) is 16.1. The Morgan fingerprint density at radius 2 is 1.71 bits per heavy atom. The van der Waals surface area contributed by atoms with Crippen LogP contribution in [0.15, 0.2) is 47.3 Å². The van der Waals surface area contributed by atoms with Crippen LogP contribution < -0.4 is 5.32 Å². The van der Waals surface area contributed by atoms with E-state index in [2.05, 4.69) is 10.3 Å². The van der Waals surface area contributed by atoms with Crippen LogP contribution in [0, 0.1) is 5.41 Å². The average molecular weight is 384 g/mol. The van der Waals surface area contributed by atoms with Crippen molar-refractivity contribution < 1.29 is 18.8 Å². The van der Waals surface area contributed by atoms with E-state index in [9.17, 15) is 14.4 Å². The summed E-state index contributed by atoms with van der Waals surface area (Å²) in [5.74, 6) is -0.477. The molecule has 0 bridgehead atoms. The highest BCUT2D eigenvalue weighted by atomic mass is 16.3. The van der Waals surface area contributed by atoms with Gasteiger partial charge in [-0.1, -0.05) is 0 Å². The van der Waals surface area contributed by atoms with Gasteiger partial charge in [-0.25, -0.2) is 0 Å². The maximum Gasteiger partial charge on any atom is 0.289 e. The van der Waals surface area contributed by atoms with Gasteiger partial charge in [0.2, 0.25) is 11.8 Å². The largest absolute Gasteiger partial charge is 0.459 e. The van der Waals surface area contributed by atoms with Gasteiger partial charge in [-0.3, -0.25) is 19.4 Å². The van der Waals surface area contributed by atoms with Gasteiger partial charge >= 0.3 is 0 Å². The van der Waals surface area contributed by atoms with Gasteiger partial charge in [0.15, 0.2) is 5.76 Å². The maximum atomic E-state index is 12.9. The lowest BCUT2D eigenvalue weighted by Gasteiger charge is -2.37. The lowest BCUT2D eigenvalue weighted by atomic mass is 9.90. The van der Waals surface area contributed by atoms with Crippen molar-refractivity contribution in [2.75, 3.05) is 26.2 Å². The molecular weight excluding hydrogens is 360 g/mol. The minimum absolute atomic E-state index is 0.188. The van der Waals surface area contributed by atoms with E-state index in [4.69, 9.17) is 4.42 Å². The molecule has 3 amide bonds. The quantitative estimate of drug-likeness (QED) is 0.784. The van der Waals surface area contributed by atoms with Gasteiger partial charge in [-0.05, 0) is 43.7 Å². The smallest absolute Gasteiger partial charge is 0.289 e. The Morgan fingerprint density at radius 3 is 2.32 bits per heavy atom. The number of carbonyl (C=O) groups is 3. The number of furan rings is 1. The van der Waals surface area contributed by atoms with Crippen molar-refractivity contribution in [1.82, 2.24) is 20.1 Å². The van der Waals surface area contributed by atoms with Gasteiger partial charge < -0.3 is 19.5 Å². The summed E-state index contributed by atoms with van der Waals surface area (Å²) >= 11 is 0. The molecule has 8 nitrogen and oxygen atoms in total. The highest BCUT2D eigenvalue weighted by Crippen LogP contribution is 2.21. The van der Waals surface area contributed by atoms with Crippen molar-refractivity contribution in [1.29, 1.82) is 0 Å². The van der Waals surface area contributed by atoms with Gasteiger partial charge in [0.05, 0.1) is 6.26 Å². The zero-order chi connectivity index (χ0) is 20.1. The topological polar surface area (TPSA) is 95.8 Å². The van der Waals surface area contributed by atoms with E-state index in [-0.39, 0.29) is 23.5 Å². The van der Waals surface area contributed by atoms with Crippen molar-refractivity contribution in [3.8, 4) is 0 Å². The molecular formula is C20H24N4O4. The number of nitrogens with one attached hydrogen (secondary N) is 1. The summed E-state index contributed by atoms with van der Waals surface area (Å²) in [6.45, 7) is 5.15. The normalized spacial score (nSPS) is 14.6. The third-order valence-electron chi connectivity index (χ3n) is 4.89. The average Bonchev–Trinajstić information content (AvgIpc) is 3.26. The second kappa shape index (κ2) is 8.24. The van der Waals surface area contributed by atoms with Crippen molar-refractivity contribution in [3.63, 3.8) is 0 Å². The SMILES string of the molecule is CC(C)(C(=O)NCc1ccncc1)C(=O)N1CCN(C(=O)c2ccco2)CC1. The Hall–Kier alpha value is -3.16. The molecule has 1 aliphatic heterocycles. The maximum absolute atomic E-state index is 12.9. The number of piperazine rings is 1. The third kappa shape index (κ3) is 4.21. The monoisotopic (exact) mass is 384 g/mol. The Bertz CT molecular complexity index is 825. The van der Waals surface area contributed by atoms with Gasteiger partial charge in [0.1, 0.15) is 5.41 Å². The highest BCUT2D eigenvalue weighted by Gasteiger charge is 2.40. The Kier molecular flexibility index (Phi) is 5.77. The van der Waals surface area contributed by atoms with Crippen LogP contribution in [0.4, 0.5) is 0 Å². The van der Waals surface area contributed by atoms with E-state index in [0.717, 1.165) is 5.56 Å². The molecule has 0 spiro atoms. The summed E-state index contributed by atoms with van der Waals surface area (Å²) in [5.41, 5.74) is -0.281. The van der Waals surface area contributed by atoms with E-state index in [0.29, 0.717) is 32.7 Å². The van der Waals surface area contributed by atoms with Crippen molar-refractivity contribution >= 4 is 17.7 Å². The molecule has 2 aromatic rings. The summed E-state index contributed by atoms with van der Waals surface area (Å²) in [5, 5.41) is 2.81. The number of rotatable bonds is 5. The van der Waals surface area contributed by atoms with Gasteiger partial charge in [0, 0.05) is 45.1 Å². The molecule has 0 radical (unpaired) electrons. The lowest BCUT2D eigenvalue weighted by molar-refractivity contribution is -0.149. The molecule has 3 heterocycles. The standard InChI is InChI=1S/C20H24N4O4/c1-20(2,18(26)22-14-15-5-7-21-8-6-15)19(27)24-11-9-23(10-12-24)17(25)16-4-3-13-28-16/h3-8,13H,9-12,14H2,1-2H3,(H,22,26). The Labute approximate surface area is 163 Å². The summed E-state index contributed by atoms with van der Waals surface area (Å²) in [7, 11) is 0. The first-order valence-electron chi connectivity index (χ1n) is 9.19. The molecule has 1 fully saturated rings. The first kappa shape index (κ1) is 19.6. The number of nitrogens with zero attached hydrogens (tertiary/aromatic N) is 3. The molecule has 0 aliphatic carbocycles. The molecule has 1 N–H and O–H groups in total. The van der Waals surface area contributed by atoms with E-state index >= 15 is 0 Å². The number of hydrogen-bond donors (Lipinski definition) is 1. The van der Waals surface area contributed by atoms with E-state index < -0.39 is 5.41 Å². The summed E-state index contributed by atoms with van der Waals surface area (Å²) in [6.07, 6.45) is 4.77. The van der Waals surface area contributed by atoms with Crippen LogP contribution in [0.2, 0.25) is 0 Å². The van der Waals surface area contributed by atoms with E-state index in [1.165, 1.54) is 6.26 Å². The molecule has 0 atom stereocenters. The molecule has 0 unspecified atom stereocenters. The molecule has 0 saturated carbocycles. The molecule has 1 saturated heterocycles. The minimum Gasteiger partial charge on any atom is -0.459 e. The van der Waals surface area contributed by atoms with Crippen molar-refractivity contribution in [3.05, 3.63) is 54.2 Å². The number of carbonyl (C=O) groups excluding carboxylic acids is 3. The molecule has 8 heteroatoms. The minimum atomic E-state index is -1.19. The van der Waals surface area contributed by atoms with Crippen LogP contribution >= 0.6 is 0 Å². The van der Waals surface area contributed by atoms with E-state index in [1.807, 2.05) is 12.1 Å². The predicted molar refractivity (Wildman–Crippen MR) is 101 cm³/mol. The number of amides is 3. The van der Waals surface area contributed by atoms with Gasteiger partial charge in [-0.15, -0.1) is 0 Å². The summed E-state index contributed by atoms with van der Waals surface area (Å²) in [4.78, 5) is 45.1. The van der Waals surface area contributed by atoms with Gasteiger partial charge in [-0.2, -0.15) is 0 Å². The highest BCUT2D eigenvalue weighted by molar-refractivity contribution is 6.04. The molecule has 148 valence electrons. The Balaban J connectivity index is 1.54. The first-order valence-corrected chi connectivity index (χ1v) is 9.19. The van der Waals surface area contributed by atoms with Crippen molar-refractivity contribution in [2.24, 2.45) is 5.41 Å². The lowest BCUT2D eigenvalue weighted by Crippen LogP contribution is -2.56. The summed E-state index contributed by atoms with van der Waals surface area (Å²) in [6, 6.07) is 6.91. The van der Waals surface area contributed by atoms with Crippen LogP contribution in [0.1, 0.15) is 30.0 Å². The van der Waals surface area contributed by atoms with Crippen molar-refractivity contribution in [2.45, 2.75) is 20.4 Å². The molecule has 2 aromatic heterocycles. The second-order valence-corrected chi connectivity index (χ2v) is 7.22.